The SMILES string of the molecule is CCN(CCCNS(=O)(=O)CC)c1ccccc1. The molecule has 0 amide bonds. The molecule has 102 valence electrons. The molecule has 0 aliphatic rings. The molecule has 0 unspecified atom stereocenters. The smallest absolute Gasteiger partial charge is 0.211 e. The van der Waals surface area contributed by atoms with Crippen LogP contribution in [0.25, 0.3) is 0 Å². The van der Waals surface area contributed by atoms with Crippen LogP contribution in [-0.4, -0.2) is 33.8 Å². The molecule has 0 aliphatic heterocycles. The first kappa shape index (κ1) is 15.0. The van der Waals surface area contributed by atoms with Crippen molar-refractivity contribution in [3.8, 4) is 0 Å². The molecule has 0 bridgehead atoms. The van der Waals surface area contributed by atoms with E-state index in [1.807, 2.05) is 18.2 Å². The second-order valence-corrected chi connectivity index (χ2v) is 6.16. The lowest BCUT2D eigenvalue weighted by molar-refractivity contribution is 0.579. The molecule has 1 aromatic carbocycles. The number of rotatable bonds is 8. The Morgan fingerprint density at radius 1 is 1.17 bits per heavy atom. The minimum Gasteiger partial charge on any atom is -0.372 e. The highest BCUT2D eigenvalue weighted by Crippen LogP contribution is 2.12. The van der Waals surface area contributed by atoms with E-state index in [9.17, 15) is 8.42 Å². The van der Waals surface area contributed by atoms with Gasteiger partial charge in [-0.15, -0.1) is 0 Å². The molecule has 0 fully saturated rings. The average molecular weight is 270 g/mol. The molecule has 1 aromatic rings. The molecule has 18 heavy (non-hydrogen) atoms. The summed E-state index contributed by atoms with van der Waals surface area (Å²) in [4.78, 5) is 2.24. The summed E-state index contributed by atoms with van der Waals surface area (Å²) in [5.41, 5.74) is 1.18. The highest BCUT2D eigenvalue weighted by atomic mass is 32.2. The maximum Gasteiger partial charge on any atom is 0.211 e. The highest BCUT2D eigenvalue weighted by molar-refractivity contribution is 7.89. The van der Waals surface area contributed by atoms with Gasteiger partial charge in [0.2, 0.25) is 10.0 Å². The van der Waals surface area contributed by atoms with Crippen molar-refractivity contribution in [3.05, 3.63) is 30.3 Å². The van der Waals surface area contributed by atoms with E-state index in [-0.39, 0.29) is 5.75 Å². The summed E-state index contributed by atoms with van der Waals surface area (Å²) in [6.07, 6.45) is 0.808. The van der Waals surface area contributed by atoms with Crippen molar-refractivity contribution < 1.29 is 8.42 Å². The number of para-hydroxylation sites is 1. The Labute approximate surface area is 110 Å². The van der Waals surface area contributed by atoms with Crippen molar-refractivity contribution >= 4 is 15.7 Å². The number of benzene rings is 1. The summed E-state index contributed by atoms with van der Waals surface area (Å²) < 4.78 is 25.1. The zero-order valence-electron chi connectivity index (χ0n) is 11.1. The third-order valence-electron chi connectivity index (χ3n) is 2.81. The van der Waals surface area contributed by atoms with Gasteiger partial charge in [-0.3, -0.25) is 0 Å². The minimum absolute atomic E-state index is 0.142. The first-order valence-electron chi connectivity index (χ1n) is 6.36. The van der Waals surface area contributed by atoms with Crippen LogP contribution in [0.2, 0.25) is 0 Å². The molecular weight excluding hydrogens is 248 g/mol. The van der Waals surface area contributed by atoms with E-state index in [4.69, 9.17) is 0 Å². The van der Waals surface area contributed by atoms with Crippen LogP contribution in [0.4, 0.5) is 5.69 Å². The maximum atomic E-state index is 11.3. The van der Waals surface area contributed by atoms with Crippen LogP contribution in [0.3, 0.4) is 0 Å². The summed E-state index contributed by atoms with van der Waals surface area (Å²) in [5.74, 6) is 0.142. The highest BCUT2D eigenvalue weighted by Gasteiger charge is 2.06. The molecule has 0 aliphatic carbocycles. The minimum atomic E-state index is -3.06. The van der Waals surface area contributed by atoms with E-state index in [0.29, 0.717) is 6.54 Å². The third kappa shape index (κ3) is 5.06. The zero-order chi connectivity index (χ0) is 13.4. The van der Waals surface area contributed by atoms with E-state index in [0.717, 1.165) is 19.5 Å². The summed E-state index contributed by atoms with van der Waals surface area (Å²) in [6.45, 7) is 6.02. The zero-order valence-corrected chi connectivity index (χ0v) is 11.9. The molecule has 1 N–H and O–H groups in total. The monoisotopic (exact) mass is 270 g/mol. The number of hydrogen-bond acceptors (Lipinski definition) is 3. The van der Waals surface area contributed by atoms with Gasteiger partial charge in [0.25, 0.3) is 0 Å². The van der Waals surface area contributed by atoms with Crippen LogP contribution in [-0.2, 0) is 10.0 Å². The van der Waals surface area contributed by atoms with Gasteiger partial charge in [0.15, 0.2) is 0 Å². The quantitative estimate of drug-likeness (QED) is 0.733. The summed E-state index contributed by atoms with van der Waals surface area (Å²) >= 11 is 0. The molecule has 0 spiro atoms. The fourth-order valence-corrected chi connectivity index (χ4v) is 2.37. The molecule has 1 rings (SSSR count). The summed E-state index contributed by atoms with van der Waals surface area (Å²) in [6, 6.07) is 10.2. The average Bonchev–Trinajstić information content (AvgIpc) is 2.40. The lowest BCUT2D eigenvalue weighted by Crippen LogP contribution is -2.30. The molecule has 0 saturated carbocycles. The molecule has 5 heteroatoms. The number of hydrogen-bond donors (Lipinski definition) is 1. The number of nitrogens with one attached hydrogen (secondary N) is 1. The van der Waals surface area contributed by atoms with Crippen LogP contribution < -0.4 is 9.62 Å². The van der Waals surface area contributed by atoms with Crippen molar-refractivity contribution in [1.29, 1.82) is 0 Å². The first-order valence-corrected chi connectivity index (χ1v) is 8.01. The van der Waals surface area contributed by atoms with E-state index >= 15 is 0 Å². The number of sulfonamides is 1. The topological polar surface area (TPSA) is 49.4 Å². The Bertz CT molecular complexity index is 432. The van der Waals surface area contributed by atoms with Gasteiger partial charge >= 0.3 is 0 Å². The molecular formula is C13H22N2O2S. The fraction of sp³-hybridized carbons (Fsp3) is 0.538. The largest absolute Gasteiger partial charge is 0.372 e. The molecule has 0 saturated heterocycles. The van der Waals surface area contributed by atoms with Gasteiger partial charge in [-0.2, -0.15) is 0 Å². The van der Waals surface area contributed by atoms with Gasteiger partial charge in [-0.25, -0.2) is 13.1 Å². The predicted octanol–water partition coefficient (Wildman–Crippen LogP) is 1.84. The lowest BCUT2D eigenvalue weighted by Gasteiger charge is -2.23. The third-order valence-corrected chi connectivity index (χ3v) is 4.21. The fourth-order valence-electron chi connectivity index (χ4n) is 1.71. The van der Waals surface area contributed by atoms with Crippen molar-refractivity contribution in [2.75, 3.05) is 30.3 Å². The second kappa shape index (κ2) is 7.38. The van der Waals surface area contributed by atoms with Crippen LogP contribution in [0, 0.1) is 0 Å². The van der Waals surface area contributed by atoms with Gasteiger partial charge < -0.3 is 4.90 Å². The van der Waals surface area contributed by atoms with Gasteiger partial charge in [-0.1, -0.05) is 18.2 Å². The van der Waals surface area contributed by atoms with E-state index < -0.39 is 10.0 Å². The van der Waals surface area contributed by atoms with Crippen molar-refractivity contribution in [1.82, 2.24) is 4.72 Å². The molecule has 0 radical (unpaired) electrons. The van der Waals surface area contributed by atoms with Gasteiger partial charge in [-0.05, 0) is 32.4 Å². The Kier molecular flexibility index (Phi) is 6.15. The van der Waals surface area contributed by atoms with E-state index in [1.165, 1.54) is 5.69 Å². The predicted molar refractivity (Wildman–Crippen MR) is 76.4 cm³/mol. The summed E-state index contributed by atoms with van der Waals surface area (Å²) in [7, 11) is -3.06. The summed E-state index contributed by atoms with van der Waals surface area (Å²) in [5, 5.41) is 0. The number of anilines is 1. The molecule has 0 heterocycles. The second-order valence-electron chi connectivity index (χ2n) is 4.07. The standard InChI is InChI=1S/C13H22N2O2S/c1-3-15(13-9-6-5-7-10-13)12-8-11-14-18(16,17)4-2/h5-7,9-10,14H,3-4,8,11-12H2,1-2H3. The maximum absolute atomic E-state index is 11.3. The van der Waals surface area contributed by atoms with Crippen LogP contribution in [0.15, 0.2) is 30.3 Å². The van der Waals surface area contributed by atoms with Crippen molar-refractivity contribution in [2.24, 2.45) is 0 Å². The van der Waals surface area contributed by atoms with Gasteiger partial charge in [0, 0.05) is 25.3 Å². The van der Waals surface area contributed by atoms with Crippen LogP contribution in [0.1, 0.15) is 20.3 Å². The Hall–Kier alpha value is -1.07. The van der Waals surface area contributed by atoms with Crippen molar-refractivity contribution in [2.45, 2.75) is 20.3 Å². The molecule has 0 aromatic heterocycles. The van der Waals surface area contributed by atoms with Gasteiger partial charge in [0.1, 0.15) is 0 Å². The van der Waals surface area contributed by atoms with Crippen molar-refractivity contribution in [3.63, 3.8) is 0 Å². The number of nitrogens with zero attached hydrogens (tertiary/aromatic N) is 1. The van der Waals surface area contributed by atoms with Crippen LogP contribution in [0.5, 0.6) is 0 Å². The lowest BCUT2D eigenvalue weighted by atomic mass is 10.2. The Morgan fingerprint density at radius 2 is 1.83 bits per heavy atom. The Balaban J connectivity index is 2.38. The Morgan fingerprint density at radius 3 is 2.39 bits per heavy atom. The van der Waals surface area contributed by atoms with E-state index in [1.54, 1.807) is 6.92 Å². The molecule has 0 atom stereocenters. The van der Waals surface area contributed by atoms with Crippen LogP contribution >= 0.6 is 0 Å². The van der Waals surface area contributed by atoms with E-state index in [2.05, 4.69) is 28.7 Å². The first-order chi connectivity index (χ1) is 8.59. The normalized spacial score (nSPS) is 11.4. The molecule has 4 nitrogen and oxygen atoms in total. The van der Waals surface area contributed by atoms with Gasteiger partial charge in [0.05, 0.1) is 5.75 Å².